The monoisotopic (exact) mass is 319 g/mol. The van der Waals surface area contributed by atoms with Gasteiger partial charge in [0.1, 0.15) is 0 Å². The van der Waals surface area contributed by atoms with Gasteiger partial charge in [0.15, 0.2) is 0 Å². The van der Waals surface area contributed by atoms with Gasteiger partial charge in [0.2, 0.25) is 0 Å². The van der Waals surface area contributed by atoms with Crippen molar-refractivity contribution >= 4 is 28.7 Å². The van der Waals surface area contributed by atoms with Gasteiger partial charge in [-0.1, -0.05) is 35.3 Å². The van der Waals surface area contributed by atoms with Gasteiger partial charge in [0.25, 0.3) is 0 Å². The van der Waals surface area contributed by atoms with Crippen LogP contribution in [0.3, 0.4) is 0 Å². The molecule has 2 aromatic heterocycles. The number of benzene rings is 1. The molecule has 0 bridgehead atoms. The van der Waals surface area contributed by atoms with E-state index >= 15 is 0 Å². The van der Waals surface area contributed by atoms with E-state index in [-0.39, 0.29) is 6.04 Å². The molecule has 1 N–H and O–H groups in total. The first-order chi connectivity index (χ1) is 10.1. The zero-order valence-corrected chi connectivity index (χ0v) is 13.1. The van der Waals surface area contributed by atoms with Crippen molar-refractivity contribution in [3.8, 4) is 0 Å². The first-order valence-corrected chi connectivity index (χ1v) is 7.50. The molecule has 1 aromatic carbocycles. The predicted octanol–water partition coefficient (Wildman–Crippen LogP) is 4.49. The molecule has 1 unspecified atom stereocenters. The molecule has 3 nitrogen and oxygen atoms in total. The minimum Gasteiger partial charge on any atom is -0.306 e. The Morgan fingerprint density at radius 3 is 2.90 bits per heavy atom. The van der Waals surface area contributed by atoms with Crippen molar-refractivity contribution in [3.63, 3.8) is 0 Å². The van der Waals surface area contributed by atoms with Crippen LogP contribution in [0.15, 0.2) is 48.8 Å². The van der Waals surface area contributed by atoms with Crippen LogP contribution < -0.4 is 5.32 Å². The summed E-state index contributed by atoms with van der Waals surface area (Å²) >= 11 is 12.2. The van der Waals surface area contributed by atoms with E-state index in [9.17, 15) is 0 Å². The Balaban J connectivity index is 1.75. The van der Waals surface area contributed by atoms with Crippen molar-refractivity contribution in [1.29, 1.82) is 0 Å². The number of aromatic nitrogens is 2. The maximum Gasteiger partial charge on any atom is 0.0706 e. The molecule has 1 atom stereocenters. The highest BCUT2D eigenvalue weighted by atomic mass is 35.5. The molecule has 0 saturated heterocycles. The maximum absolute atomic E-state index is 6.24. The topological polar surface area (TPSA) is 29.3 Å². The van der Waals surface area contributed by atoms with E-state index in [1.807, 2.05) is 41.2 Å². The first-order valence-electron chi connectivity index (χ1n) is 6.75. The van der Waals surface area contributed by atoms with Gasteiger partial charge >= 0.3 is 0 Å². The van der Waals surface area contributed by atoms with Crippen LogP contribution in [0.4, 0.5) is 0 Å². The second-order valence-electron chi connectivity index (χ2n) is 4.97. The van der Waals surface area contributed by atoms with Crippen LogP contribution >= 0.6 is 23.2 Å². The van der Waals surface area contributed by atoms with Crippen LogP contribution in [0, 0.1) is 0 Å². The number of halogens is 2. The van der Waals surface area contributed by atoms with Crippen molar-refractivity contribution in [3.05, 3.63) is 70.0 Å². The van der Waals surface area contributed by atoms with Gasteiger partial charge in [0.05, 0.1) is 11.7 Å². The predicted molar refractivity (Wildman–Crippen MR) is 86.9 cm³/mol. The van der Waals surface area contributed by atoms with Gasteiger partial charge in [-0.15, -0.1) is 0 Å². The van der Waals surface area contributed by atoms with E-state index < -0.39 is 0 Å². The number of nitrogens with one attached hydrogen (secondary N) is 1. The fraction of sp³-hybridized carbons (Fsp3) is 0.188. The minimum atomic E-state index is 0.133. The molecule has 0 aliphatic carbocycles. The lowest BCUT2D eigenvalue weighted by molar-refractivity contribution is 0.576. The van der Waals surface area contributed by atoms with Crippen molar-refractivity contribution in [1.82, 2.24) is 14.9 Å². The third kappa shape index (κ3) is 3.05. The Labute approximate surface area is 133 Å². The quantitative estimate of drug-likeness (QED) is 0.767. The third-order valence-corrected chi connectivity index (χ3v) is 4.10. The largest absolute Gasteiger partial charge is 0.306 e. The van der Waals surface area contributed by atoms with Crippen molar-refractivity contribution in [2.24, 2.45) is 0 Å². The molecule has 0 radical (unpaired) electrons. The Morgan fingerprint density at radius 1 is 1.24 bits per heavy atom. The highest BCUT2D eigenvalue weighted by Gasteiger charge is 2.11. The van der Waals surface area contributed by atoms with Crippen molar-refractivity contribution in [2.45, 2.75) is 19.5 Å². The average Bonchev–Trinajstić information content (AvgIpc) is 2.88. The summed E-state index contributed by atoms with van der Waals surface area (Å²) in [5.74, 6) is 0. The number of hydrogen-bond acceptors (Lipinski definition) is 2. The Kier molecular flexibility index (Phi) is 4.15. The zero-order chi connectivity index (χ0) is 14.8. The number of fused-ring (bicyclic) bond motifs is 1. The molecular formula is C16H15Cl2N3. The van der Waals surface area contributed by atoms with E-state index in [1.54, 1.807) is 6.07 Å². The molecule has 2 heterocycles. The number of hydrogen-bond donors (Lipinski definition) is 1. The van der Waals surface area contributed by atoms with Gasteiger partial charge in [0, 0.05) is 34.4 Å². The second-order valence-corrected chi connectivity index (χ2v) is 5.81. The molecule has 0 fully saturated rings. The van der Waals surface area contributed by atoms with Crippen molar-refractivity contribution < 1.29 is 0 Å². The van der Waals surface area contributed by atoms with E-state index in [4.69, 9.17) is 23.2 Å². The molecule has 0 saturated carbocycles. The molecule has 108 valence electrons. The van der Waals surface area contributed by atoms with E-state index in [0.717, 1.165) is 23.2 Å². The van der Waals surface area contributed by atoms with Crippen LogP contribution in [0.2, 0.25) is 10.0 Å². The number of rotatable bonds is 4. The first kappa shape index (κ1) is 14.4. The summed E-state index contributed by atoms with van der Waals surface area (Å²) < 4.78 is 1.87. The highest BCUT2D eigenvalue weighted by molar-refractivity contribution is 6.35. The number of nitrogens with zero attached hydrogens (tertiary/aromatic N) is 2. The van der Waals surface area contributed by atoms with Gasteiger partial charge < -0.3 is 5.32 Å². The summed E-state index contributed by atoms with van der Waals surface area (Å²) in [6, 6.07) is 11.8. The standard InChI is InChI=1S/C16H15Cl2N3/c1-11(14-6-5-13(17)8-15(14)18)19-9-12-10-20-21-7-3-2-4-16(12)21/h2-8,10-11,19H,9H2,1H3. The Hall–Kier alpha value is -1.55. The summed E-state index contributed by atoms with van der Waals surface area (Å²) in [6.07, 6.45) is 3.83. The summed E-state index contributed by atoms with van der Waals surface area (Å²) in [4.78, 5) is 0. The van der Waals surface area contributed by atoms with Crippen LogP contribution in [-0.4, -0.2) is 9.61 Å². The molecule has 3 aromatic rings. The molecule has 0 spiro atoms. The summed E-state index contributed by atoms with van der Waals surface area (Å²) in [5, 5.41) is 9.14. The smallest absolute Gasteiger partial charge is 0.0706 e. The molecule has 0 aliphatic heterocycles. The number of pyridine rings is 1. The summed E-state index contributed by atoms with van der Waals surface area (Å²) in [5.41, 5.74) is 3.31. The van der Waals surface area contributed by atoms with E-state index in [2.05, 4.69) is 23.4 Å². The maximum atomic E-state index is 6.24. The summed E-state index contributed by atoms with van der Waals surface area (Å²) in [7, 11) is 0. The Morgan fingerprint density at radius 2 is 2.10 bits per heavy atom. The fourth-order valence-electron chi connectivity index (χ4n) is 2.35. The lowest BCUT2D eigenvalue weighted by Crippen LogP contribution is -2.18. The van der Waals surface area contributed by atoms with Crippen LogP contribution in [-0.2, 0) is 6.54 Å². The van der Waals surface area contributed by atoms with Gasteiger partial charge in [-0.25, -0.2) is 4.52 Å². The fourth-order valence-corrected chi connectivity index (χ4v) is 2.92. The lowest BCUT2D eigenvalue weighted by Gasteiger charge is -2.15. The molecule has 3 rings (SSSR count). The third-order valence-electron chi connectivity index (χ3n) is 3.53. The van der Waals surface area contributed by atoms with Crippen molar-refractivity contribution in [2.75, 3.05) is 0 Å². The van der Waals surface area contributed by atoms with E-state index in [1.165, 1.54) is 0 Å². The van der Waals surface area contributed by atoms with E-state index in [0.29, 0.717) is 10.0 Å². The molecule has 0 amide bonds. The van der Waals surface area contributed by atoms with Gasteiger partial charge in [-0.2, -0.15) is 5.10 Å². The van der Waals surface area contributed by atoms with Crippen LogP contribution in [0.5, 0.6) is 0 Å². The SMILES string of the molecule is CC(NCc1cnn2ccccc12)c1ccc(Cl)cc1Cl. The molecular weight excluding hydrogens is 305 g/mol. The van der Waals surface area contributed by atoms with Gasteiger partial charge in [-0.05, 0) is 36.8 Å². The lowest BCUT2D eigenvalue weighted by atomic mass is 10.1. The molecule has 21 heavy (non-hydrogen) atoms. The average molecular weight is 320 g/mol. The second kappa shape index (κ2) is 6.06. The van der Waals surface area contributed by atoms with Crippen LogP contribution in [0.1, 0.15) is 24.1 Å². The zero-order valence-electron chi connectivity index (χ0n) is 11.6. The highest BCUT2D eigenvalue weighted by Crippen LogP contribution is 2.26. The summed E-state index contributed by atoms with van der Waals surface area (Å²) in [6.45, 7) is 2.81. The normalized spacial score (nSPS) is 12.7. The van der Waals surface area contributed by atoms with Gasteiger partial charge in [-0.3, -0.25) is 0 Å². The molecule has 5 heteroatoms. The molecule has 0 aliphatic rings. The van der Waals surface area contributed by atoms with Crippen LogP contribution in [0.25, 0.3) is 5.52 Å². The Bertz CT molecular complexity index is 767. The minimum absolute atomic E-state index is 0.133.